The molecule has 8 nitrogen and oxygen atoms in total. The Labute approximate surface area is 191 Å². The molecule has 1 aliphatic rings. The number of likely N-dealkylation sites (tertiary alicyclic amines) is 1. The van der Waals surface area contributed by atoms with Gasteiger partial charge in [-0.05, 0) is 44.5 Å². The molecule has 0 saturated carbocycles. The van der Waals surface area contributed by atoms with E-state index in [2.05, 4.69) is 11.8 Å². The first-order valence-electron chi connectivity index (χ1n) is 9.94. The van der Waals surface area contributed by atoms with E-state index in [0.717, 1.165) is 19.4 Å². The van der Waals surface area contributed by atoms with Gasteiger partial charge >= 0.3 is 0 Å². The molecule has 2 N–H and O–H groups in total. The standard InChI is InChI=1S/C22H22ClNO3.ClHO4/c1-14-6-4-5-11-24(14)12-17-20(25)10-9-16-21(26)18(13-27-22(16)17)15-7-2-3-8-19(15)23;2-1(3,4)5/h2-3,7-10,13-14,25H,4-6,11-12H2,1H3;(H,2,3,4,5). The molecule has 1 atom stereocenters. The first-order valence-corrected chi connectivity index (χ1v) is 11.6. The minimum Gasteiger partial charge on any atom is -0.507 e. The Kier molecular flexibility index (Phi) is 7.79. The van der Waals surface area contributed by atoms with Crippen LogP contribution in [0.2, 0.25) is 5.02 Å². The number of halogens is 2. The van der Waals surface area contributed by atoms with Crippen LogP contribution < -0.4 is 19.4 Å². The van der Waals surface area contributed by atoms with Crippen molar-refractivity contribution in [3.8, 4) is 16.9 Å². The van der Waals surface area contributed by atoms with Crippen LogP contribution in [0.25, 0.3) is 22.1 Å². The molecule has 32 heavy (non-hydrogen) atoms. The first-order chi connectivity index (χ1) is 15.1. The first kappa shape index (κ1) is 24.5. The fourth-order valence-electron chi connectivity index (χ4n) is 3.86. The van der Waals surface area contributed by atoms with Crippen LogP contribution in [-0.4, -0.2) is 27.3 Å². The van der Waals surface area contributed by atoms with Gasteiger partial charge in [0.05, 0.1) is 31.4 Å². The lowest BCUT2D eigenvalue weighted by atomic mass is 10.0. The maximum atomic E-state index is 13.1. The lowest BCUT2D eigenvalue weighted by molar-refractivity contribution is -1.92. The average Bonchev–Trinajstić information content (AvgIpc) is 2.71. The quantitative estimate of drug-likeness (QED) is 0.562. The second-order valence-electron chi connectivity index (χ2n) is 7.61. The number of phenols is 1. The summed E-state index contributed by atoms with van der Waals surface area (Å²) in [6.45, 7) is 3.75. The van der Waals surface area contributed by atoms with Gasteiger partial charge in [-0.25, -0.2) is 0 Å². The van der Waals surface area contributed by atoms with E-state index < -0.39 is 10.2 Å². The predicted molar refractivity (Wildman–Crippen MR) is 111 cm³/mol. The van der Waals surface area contributed by atoms with Gasteiger partial charge < -0.3 is 9.52 Å². The summed E-state index contributed by atoms with van der Waals surface area (Å²) in [5, 5.41) is 11.4. The lowest BCUT2D eigenvalue weighted by Gasteiger charge is -2.33. The van der Waals surface area contributed by atoms with E-state index in [4.69, 9.17) is 34.7 Å². The van der Waals surface area contributed by atoms with Crippen molar-refractivity contribution in [2.75, 3.05) is 6.54 Å². The lowest BCUT2D eigenvalue weighted by Crippen LogP contribution is -2.58. The highest BCUT2D eigenvalue weighted by atomic mass is 35.7. The number of nitrogens with zero attached hydrogens (tertiary/aromatic N) is 1. The Bertz CT molecular complexity index is 1140. The Morgan fingerprint density at radius 2 is 1.84 bits per heavy atom. The topological polar surface area (TPSA) is 143 Å². The fourth-order valence-corrected chi connectivity index (χ4v) is 4.10. The Morgan fingerprint density at radius 1 is 1.16 bits per heavy atom. The van der Waals surface area contributed by atoms with E-state index in [1.807, 2.05) is 12.1 Å². The summed E-state index contributed by atoms with van der Waals surface area (Å²) < 4.78 is 38.6. The van der Waals surface area contributed by atoms with Crippen molar-refractivity contribution in [2.24, 2.45) is 0 Å². The van der Waals surface area contributed by atoms with Gasteiger partial charge in [0.25, 0.3) is 0 Å². The minimum absolute atomic E-state index is 0.141. The monoisotopic (exact) mass is 483 g/mol. The summed E-state index contributed by atoms with van der Waals surface area (Å²) in [5.41, 5.74) is 2.06. The number of hydrogen-bond donors (Lipinski definition) is 2. The van der Waals surface area contributed by atoms with Crippen LogP contribution in [0.3, 0.4) is 0 Å². The molecule has 10 heteroatoms. The average molecular weight is 484 g/mol. The van der Waals surface area contributed by atoms with Gasteiger partial charge in [0.1, 0.15) is 17.6 Å². The van der Waals surface area contributed by atoms with Crippen LogP contribution in [-0.2, 0) is 6.54 Å². The smallest absolute Gasteiger partial charge is 0.200 e. The highest BCUT2D eigenvalue weighted by molar-refractivity contribution is 6.33. The highest BCUT2D eigenvalue weighted by Crippen LogP contribution is 2.32. The summed E-state index contributed by atoms with van der Waals surface area (Å²) >= 11 is 6.26. The largest absolute Gasteiger partial charge is 0.507 e. The zero-order valence-electron chi connectivity index (χ0n) is 17.3. The van der Waals surface area contributed by atoms with E-state index in [-0.39, 0.29) is 11.2 Å². The van der Waals surface area contributed by atoms with Gasteiger partial charge in [-0.3, -0.25) is 9.69 Å². The summed E-state index contributed by atoms with van der Waals surface area (Å²) in [6.07, 6.45) is 4.98. The summed E-state index contributed by atoms with van der Waals surface area (Å²) in [5.74, 6) is 0.161. The van der Waals surface area contributed by atoms with E-state index in [1.165, 1.54) is 12.7 Å². The number of rotatable bonds is 3. The molecule has 0 amide bonds. The van der Waals surface area contributed by atoms with Crippen molar-refractivity contribution in [1.82, 2.24) is 4.90 Å². The number of phenolic OH excluding ortho intramolecular Hbond substituents is 1. The summed E-state index contributed by atoms with van der Waals surface area (Å²) in [7, 11) is -4.69. The van der Waals surface area contributed by atoms with Crippen molar-refractivity contribution in [2.45, 2.75) is 38.8 Å². The molecular weight excluding hydrogens is 461 g/mol. The highest BCUT2D eigenvalue weighted by Gasteiger charge is 2.22. The molecule has 3 aromatic rings. The van der Waals surface area contributed by atoms with Gasteiger partial charge in [-0.2, -0.15) is 14.0 Å². The SMILES string of the molecule is CC1CCCCN1Cc1c(O)ccc2c(=O)c(-c3ccccc3Cl)coc12.[O-][Cl+3]([O-])([O-])O. The molecule has 4 rings (SSSR count). The molecular formula is C22H23Cl2NO7. The summed E-state index contributed by atoms with van der Waals surface area (Å²) in [4.78, 5) is 15.4. The van der Waals surface area contributed by atoms with Crippen molar-refractivity contribution in [3.63, 3.8) is 0 Å². The zero-order chi connectivity index (χ0) is 23.5. The maximum absolute atomic E-state index is 13.1. The minimum atomic E-state index is -4.69. The molecule has 0 bridgehead atoms. The molecule has 1 aliphatic heterocycles. The number of benzene rings is 2. The summed E-state index contributed by atoms with van der Waals surface area (Å²) in [6, 6.07) is 10.9. The van der Waals surface area contributed by atoms with E-state index in [1.54, 1.807) is 24.3 Å². The van der Waals surface area contributed by atoms with Gasteiger partial charge in [0, 0.05) is 23.2 Å². The van der Waals surface area contributed by atoms with Gasteiger partial charge in [0.2, 0.25) is 5.43 Å². The number of hydrogen-bond acceptors (Lipinski definition) is 8. The van der Waals surface area contributed by atoms with E-state index in [0.29, 0.717) is 45.3 Å². The van der Waals surface area contributed by atoms with Crippen LogP contribution in [0.4, 0.5) is 0 Å². The van der Waals surface area contributed by atoms with Gasteiger partial charge in [-0.15, -0.1) is 0 Å². The van der Waals surface area contributed by atoms with Crippen molar-refractivity contribution >= 4 is 22.6 Å². The predicted octanol–water partition coefficient (Wildman–Crippen LogP) is 1.07. The second kappa shape index (κ2) is 10.2. The Morgan fingerprint density at radius 3 is 2.50 bits per heavy atom. The molecule has 2 aromatic carbocycles. The van der Waals surface area contributed by atoms with Crippen molar-refractivity contribution in [3.05, 3.63) is 63.5 Å². The maximum Gasteiger partial charge on any atom is 0.200 e. The third-order valence-corrected chi connectivity index (χ3v) is 5.82. The third kappa shape index (κ3) is 5.99. The van der Waals surface area contributed by atoms with E-state index >= 15 is 0 Å². The molecule has 1 unspecified atom stereocenters. The molecule has 0 aliphatic carbocycles. The molecule has 0 spiro atoms. The fraction of sp³-hybridized carbons (Fsp3) is 0.318. The molecule has 1 fully saturated rings. The molecule has 2 heterocycles. The Hall–Kier alpha value is -2.17. The number of aromatic hydroxyl groups is 1. The molecule has 172 valence electrons. The van der Waals surface area contributed by atoms with Gasteiger partial charge in [-0.1, -0.05) is 36.2 Å². The number of fused-ring (bicyclic) bond motifs is 1. The third-order valence-electron chi connectivity index (χ3n) is 5.49. The molecule has 1 aromatic heterocycles. The van der Waals surface area contributed by atoms with Gasteiger partial charge in [0.15, 0.2) is 0 Å². The second-order valence-corrected chi connectivity index (χ2v) is 8.81. The normalized spacial score (nSPS) is 17.1. The van der Waals surface area contributed by atoms with Crippen LogP contribution >= 0.6 is 11.6 Å². The van der Waals surface area contributed by atoms with Crippen molar-refractivity contribution < 1.29 is 38.4 Å². The number of piperidine rings is 1. The van der Waals surface area contributed by atoms with E-state index in [9.17, 15) is 9.90 Å². The van der Waals surface area contributed by atoms with Crippen LogP contribution in [0.15, 0.2) is 51.9 Å². The zero-order valence-corrected chi connectivity index (χ0v) is 18.8. The molecule has 1 saturated heterocycles. The van der Waals surface area contributed by atoms with Crippen LogP contribution in [0, 0.1) is 10.2 Å². The van der Waals surface area contributed by atoms with Crippen molar-refractivity contribution in [1.29, 1.82) is 0 Å². The molecule has 0 radical (unpaired) electrons. The van der Waals surface area contributed by atoms with Crippen LogP contribution in [0.5, 0.6) is 5.75 Å². The Balaban J connectivity index is 0.000000523. The van der Waals surface area contributed by atoms with Crippen LogP contribution in [0.1, 0.15) is 31.7 Å².